The fourth-order valence-electron chi connectivity index (χ4n) is 2.38. The van der Waals surface area contributed by atoms with E-state index in [0.29, 0.717) is 26.2 Å². The molecule has 106 valence electrons. The van der Waals surface area contributed by atoms with Crippen LogP contribution >= 0.6 is 0 Å². The van der Waals surface area contributed by atoms with Gasteiger partial charge in [-0.15, -0.1) is 0 Å². The highest BCUT2D eigenvalue weighted by Gasteiger charge is 2.35. The lowest BCUT2D eigenvalue weighted by Crippen LogP contribution is -2.52. The molecule has 0 spiro atoms. The Morgan fingerprint density at radius 2 is 1.89 bits per heavy atom. The number of β-amino-alcohol motifs (C(OH)–C–C–N with tert-alkyl or cyclic N) is 1. The minimum atomic E-state index is -3.47. The van der Waals surface area contributed by atoms with Gasteiger partial charge in [-0.05, 0) is 18.3 Å². The van der Waals surface area contributed by atoms with Crippen molar-refractivity contribution in [3.8, 4) is 0 Å². The number of hydrogen-bond donors (Lipinski definition) is 3. The molecule has 0 amide bonds. The van der Waals surface area contributed by atoms with Gasteiger partial charge in [0.05, 0.1) is 12.1 Å². The first-order chi connectivity index (χ1) is 8.30. The average Bonchev–Trinajstić information content (AvgIpc) is 2.63. The first-order valence-corrected chi connectivity index (χ1v) is 7.90. The van der Waals surface area contributed by atoms with Gasteiger partial charge in [-0.1, -0.05) is 13.8 Å². The first-order valence-electron chi connectivity index (χ1n) is 6.46. The lowest BCUT2D eigenvalue weighted by molar-refractivity contribution is 0.167. The SMILES string of the molecule is CC1(C)CCN(S(=O)(=O)N[C@@H]2CNC[C@H]2O)CC1. The molecule has 2 fully saturated rings. The van der Waals surface area contributed by atoms with Gasteiger partial charge in [-0.25, -0.2) is 0 Å². The third-order valence-corrected chi connectivity index (χ3v) is 5.54. The number of rotatable bonds is 3. The van der Waals surface area contributed by atoms with Gasteiger partial charge in [0.1, 0.15) is 0 Å². The molecule has 2 heterocycles. The van der Waals surface area contributed by atoms with Crippen LogP contribution in [0.2, 0.25) is 0 Å². The summed E-state index contributed by atoms with van der Waals surface area (Å²) in [6.45, 7) is 6.36. The van der Waals surface area contributed by atoms with Crippen LogP contribution in [0.5, 0.6) is 0 Å². The normalized spacial score (nSPS) is 33.7. The zero-order chi connectivity index (χ0) is 13.4. The second-order valence-electron chi connectivity index (χ2n) is 6.02. The van der Waals surface area contributed by atoms with Crippen molar-refractivity contribution in [1.29, 1.82) is 0 Å². The van der Waals surface area contributed by atoms with Gasteiger partial charge >= 0.3 is 0 Å². The van der Waals surface area contributed by atoms with Gasteiger partial charge in [0.15, 0.2) is 0 Å². The van der Waals surface area contributed by atoms with Gasteiger partial charge in [0.2, 0.25) is 0 Å². The molecule has 2 aliphatic rings. The van der Waals surface area contributed by atoms with E-state index in [0.717, 1.165) is 12.8 Å². The molecule has 0 aromatic carbocycles. The molecule has 2 atom stereocenters. The van der Waals surface area contributed by atoms with Crippen molar-refractivity contribution in [2.24, 2.45) is 5.41 Å². The Hall–Kier alpha value is -0.210. The smallest absolute Gasteiger partial charge is 0.279 e. The molecule has 0 radical (unpaired) electrons. The zero-order valence-electron chi connectivity index (χ0n) is 11.0. The predicted molar refractivity (Wildman–Crippen MR) is 69.3 cm³/mol. The van der Waals surface area contributed by atoms with Gasteiger partial charge in [0, 0.05) is 26.2 Å². The maximum atomic E-state index is 12.2. The summed E-state index contributed by atoms with van der Waals surface area (Å²) >= 11 is 0. The highest BCUT2D eigenvalue weighted by atomic mass is 32.2. The van der Waals surface area contributed by atoms with Crippen LogP contribution in [0.25, 0.3) is 0 Å². The van der Waals surface area contributed by atoms with E-state index in [1.165, 1.54) is 4.31 Å². The van der Waals surface area contributed by atoms with Crippen molar-refractivity contribution >= 4 is 10.2 Å². The highest BCUT2D eigenvalue weighted by molar-refractivity contribution is 7.87. The molecule has 0 aromatic rings. The number of nitrogens with zero attached hydrogens (tertiary/aromatic N) is 1. The quantitative estimate of drug-likeness (QED) is 0.635. The third-order valence-electron chi connectivity index (χ3n) is 3.90. The standard InChI is InChI=1S/C11H23N3O3S/c1-11(2)3-5-14(6-4-11)18(16,17)13-9-7-12-8-10(9)15/h9-10,12-13,15H,3-8H2,1-2H3/t9-,10-/m1/s1. The van der Waals surface area contributed by atoms with E-state index in [4.69, 9.17) is 0 Å². The maximum Gasteiger partial charge on any atom is 0.279 e. The largest absolute Gasteiger partial charge is 0.390 e. The lowest BCUT2D eigenvalue weighted by atomic mass is 9.83. The van der Waals surface area contributed by atoms with Crippen LogP contribution in [0.4, 0.5) is 0 Å². The van der Waals surface area contributed by atoms with E-state index in [2.05, 4.69) is 23.9 Å². The van der Waals surface area contributed by atoms with E-state index in [9.17, 15) is 13.5 Å². The van der Waals surface area contributed by atoms with Crippen LogP contribution in [-0.4, -0.2) is 56.2 Å². The molecule has 0 aliphatic carbocycles. The van der Waals surface area contributed by atoms with E-state index in [1.807, 2.05) is 0 Å². The summed E-state index contributed by atoms with van der Waals surface area (Å²) in [7, 11) is -3.47. The van der Waals surface area contributed by atoms with Gasteiger partial charge in [0.25, 0.3) is 10.2 Å². The third kappa shape index (κ3) is 3.21. The lowest BCUT2D eigenvalue weighted by Gasteiger charge is -2.36. The minimum absolute atomic E-state index is 0.223. The van der Waals surface area contributed by atoms with Crippen molar-refractivity contribution < 1.29 is 13.5 Å². The molecule has 0 aromatic heterocycles. The summed E-state index contributed by atoms with van der Waals surface area (Å²) in [4.78, 5) is 0. The van der Waals surface area contributed by atoms with Gasteiger partial charge < -0.3 is 10.4 Å². The summed E-state index contributed by atoms with van der Waals surface area (Å²) in [5.41, 5.74) is 0.223. The molecular formula is C11H23N3O3S. The fourth-order valence-corrected chi connectivity index (χ4v) is 3.82. The average molecular weight is 277 g/mol. The van der Waals surface area contributed by atoms with Crippen molar-refractivity contribution in [2.45, 2.75) is 38.8 Å². The monoisotopic (exact) mass is 277 g/mol. The molecule has 2 rings (SSSR count). The molecule has 2 saturated heterocycles. The minimum Gasteiger partial charge on any atom is -0.390 e. The Labute approximate surface area is 109 Å². The van der Waals surface area contributed by atoms with Crippen molar-refractivity contribution in [3.63, 3.8) is 0 Å². The molecule has 0 saturated carbocycles. The summed E-state index contributed by atoms with van der Waals surface area (Å²) in [6, 6.07) is -0.412. The Morgan fingerprint density at radius 1 is 1.28 bits per heavy atom. The molecular weight excluding hydrogens is 254 g/mol. The Balaban J connectivity index is 1.95. The van der Waals surface area contributed by atoms with Gasteiger partial charge in [-0.3, -0.25) is 0 Å². The molecule has 7 heteroatoms. The van der Waals surface area contributed by atoms with Crippen LogP contribution in [0, 0.1) is 5.41 Å². The number of aliphatic hydroxyl groups is 1. The Bertz CT molecular complexity index is 386. The van der Waals surface area contributed by atoms with Crippen LogP contribution in [0.15, 0.2) is 0 Å². The topological polar surface area (TPSA) is 81.7 Å². The highest BCUT2D eigenvalue weighted by Crippen LogP contribution is 2.30. The van der Waals surface area contributed by atoms with Crippen molar-refractivity contribution in [1.82, 2.24) is 14.3 Å². The van der Waals surface area contributed by atoms with Crippen molar-refractivity contribution in [3.05, 3.63) is 0 Å². The summed E-state index contributed by atoms with van der Waals surface area (Å²) in [5.74, 6) is 0. The van der Waals surface area contributed by atoms with Crippen molar-refractivity contribution in [2.75, 3.05) is 26.2 Å². The Morgan fingerprint density at radius 3 is 2.39 bits per heavy atom. The molecule has 3 N–H and O–H groups in total. The van der Waals surface area contributed by atoms with Crippen LogP contribution in [-0.2, 0) is 10.2 Å². The molecule has 18 heavy (non-hydrogen) atoms. The summed E-state index contributed by atoms with van der Waals surface area (Å²) < 4.78 is 28.4. The van der Waals surface area contributed by atoms with E-state index in [-0.39, 0.29) is 5.41 Å². The summed E-state index contributed by atoms with van der Waals surface area (Å²) in [6.07, 6.45) is 1.11. The first kappa shape index (κ1) is 14.2. The molecule has 6 nitrogen and oxygen atoms in total. The number of aliphatic hydroxyl groups excluding tert-OH is 1. The second kappa shape index (κ2) is 5.05. The number of piperidine rings is 1. The van der Waals surface area contributed by atoms with Gasteiger partial charge in [-0.2, -0.15) is 17.4 Å². The predicted octanol–water partition coefficient (Wildman–Crippen LogP) is -0.724. The number of nitrogens with one attached hydrogen (secondary N) is 2. The van der Waals surface area contributed by atoms with Crippen LogP contribution in [0.1, 0.15) is 26.7 Å². The van der Waals surface area contributed by atoms with E-state index < -0.39 is 22.4 Å². The number of hydrogen-bond acceptors (Lipinski definition) is 4. The van der Waals surface area contributed by atoms with E-state index in [1.54, 1.807) is 0 Å². The second-order valence-corrected chi connectivity index (χ2v) is 7.72. The fraction of sp³-hybridized carbons (Fsp3) is 1.00. The molecule has 0 bridgehead atoms. The van der Waals surface area contributed by atoms with E-state index >= 15 is 0 Å². The maximum absolute atomic E-state index is 12.2. The Kier molecular flexibility index (Phi) is 3.99. The zero-order valence-corrected chi connectivity index (χ0v) is 11.8. The van der Waals surface area contributed by atoms with Crippen LogP contribution < -0.4 is 10.0 Å². The summed E-state index contributed by atoms with van der Waals surface area (Å²) in [5, 5.41) is 12.6. The van der Waals surface area contributed by atoms with Crippen LogP contribution in [0.3, 0.4) is 0 Å². The molecule has 2 aliphatic heterocycles. The molecule has 0 unspecified atom stereocenters.